The van der Waals surface area contributed by atoms with Crippen LogP contribution in [0.3, 0.4) is 0 Å². The van der Waals surface area contributed by atoms with E-state index < -0.39 is 91.3 Å². The van der Waals surface area contributed by atoms with Crippen molar-refractivity contribution in [1.82, 2.24) is 0 Å². The fourth-order valence-corrected chi connectivity index (χ4v) is 13.2. The normalized spacial score (nSPS) is 25.9. The minimum Gasteiger partial charge on any atom is -0.385 e. The maximum Gasteiger partial charge on any atom is 0.187 e. The summed E-state index contributed by atoms with van der Waals surface area (Å²) >= 11 is 1.45. The van der Waals surface area contributed by atoms with Crippen molar-refractivity contribution < 1.29 is 71.8 Å². The Morgan fingerprint density at radius 2 is 0.531 bits per heavy atom. The van der Waals surface area contributed by atoms with Crippen molar-refractivity contribution in [2.24, 2.45) is 0 Å². The monoisotopic (exact) mass is 1320 g/mol. The summed E-state index contributed by atoms with van der Waals surface area (Å²) in [5.41, 5.74) is 6.57. The molecule has 96 heavy (non-hydrogen) atoms. The summed E-state index contributed by atoms with van der Waals surface area (Å²) in [6.45, 7) is 1.44. The molecule has 0 saturated carbocycles. The van der Waals surface area contributed by atoms with Crippen LogP contribution in [0.5, 0.6) is 0 Å². The molecule has 0 aromatic heterocycles. The standard InChI is InChI=1S/C80H84O15S/c81-69-74(88-51-62-38-20-6-21-39-62)71(85-48-59-32-14-3-15-33-59)66(54-83-46-57-28-10-1-11-29-57)92-78(69)91-56-68-73(87-50-61-36-18-5-19-37-61)76(77(90-53-64-42-24-8-25-43-64)80(94-68)96-65-44-26-9-27-45-65)95-79-70(82)75(89-52-63-40-22-7-23-41-63)72(86-49-60-34-16-4-17-35-60)67(93-79)55-84-47-58-30-12-2-13-31-58/h1-45,66-82H,46-56H2/t66?,67?,68?,69?,70?,71-,72-,73-,74-,75-,76+,77?,78+,79+,80-/m1/s1. The van der Waals surface area contributed by atoms with E-state index in [9.17, 15) is 10.2 Å². The summed E-state index contributed by atoms with van der Waals surface area (Å²) < 4.78 is 90.6. The van der Waals surface area contributed by atoms with Gasteiger partial charge in [-0.3, -0.25) is 0 Å². The van der Waals surface area contributed by atoms with Crippen LogP contribution in [0.25, 0.3) is 0 Å². The van der Waals surface area contributed by atoms with Crippen LogP contribution in [0.15, 0.2) is 278 Å². The highest BCUT2D eigenvalue weighted by atomic mass is 32.2. The number of rotatable bonds is 33. The largest absolute Gasteiger partial charge is 0.385 e. The van der Waals surface area contributed by atoms with Gasteiger partial charge >= 0.3 is 0 Å². The quantitative estimate of drug-likeness (QED) is 0.0399. The molecule has 500 valence electrons. The predicted octanol–water partition coefficient (Wildman–Crippen LogP) is 13.0. The molecule has 3 heterocycles. The first-order valence-electron chi connectivity index (χ1n) is 32.9. The van der Waals surface area contributed by atoms with E-state index in [0.717, 1.165) is 49.4 Å². The van der Waals surface area contributed by atoms with Gasteiger partial charge in [-0.05, 0) is 56.6 Å². The van der Waals surface area contributed by atoms with E-state index >= 15 is 0 Å². The van der Waals surface area contributed by atoms with Crippen molar-refractivity contribution in [3.8, 4) is 0 Å². The second-order valence-electron chi connectivity index (χ2n) is 24.0. The molecule has 9 aromatic carbocycles. The second kappa shape index (κ2) is 36.4. The zero-order chi connectivity index (χ0) is 65.4. The fourth-order valence-electron chi connectivity index (χ4n) is 12.0. The van der Waals surface area contributed by atoms with Crippen molar-refractivity contribution in [3.63, 3.8) is 0 Å². The Morgan fingerprint density at radius 3 is 0.885 bits per heavy atom. The molecule has 0 aliphatic carbocycles. The topological polar surface area (TPSA) is 160 Å². The highest BCUT2D eigenvalue weighted by Crippen LogP contribution is 2.41. The third-order valence-corrected chi connectivity index (χ3v) is 18.2. The van der Waals surface area contributed by atoms with Crippen molar-refractivity contribution in [1.29, 1.82) is 0 Å². The Morgan fingerprint density at radius 1 is 0.260 bits per heavy atom. The van der Waals surface area contributed by atoms with E-state index in [1.54, 1.807) is 0 Å². The van der Waals surface area contributed by atoms with Crippen LogP contribution >= 0.6 is 11.8 Å². The Bertz CT molecular complexity index is 3580. The zero-order valence-corrected chi connectivity index (χ0v) is 54.3. The van der Waals surface area contributed by atoms with Gasteiger partial charge in [-0.1, -0.05) is 273 Å². The van der Waals surface area contributed by atoms with Gasteiger partial charge in [-0.2, -0.15) is 0 Å². The number of benzene rings is 9. The molecule has 0 spiro atoms. The van der Waals surface area contributed by atoms with Gasteiger partial charge < -0.3 is 71.8 Å². The van der Waals surface area contributed by atoms with Crippen molar-refractivity contribution in [2.45, 2.75) is 149 Å². The minimum atomic E-state index is -1.46. The minimum absolute atomic E-state index is 0.0426. The molecule has 0 amide bonds. The Balaban J connectivity index is 0.907. The second-order valence-corrected chi connectivity index (χ2v) is 25.2. The highest BCUT2D eigenvalue weighted by Gasteiger charge is 2.55. The number of thioether (sulfide) groups is 1. The first kappa shape index (κ1) is 68.7. The summed E-state index contributed by atoms with van der Waals surface area (Å²) in [5, 5.41) is 26.0. The van der Waals surface area contributed by atoms with Gasteiger partial charge in [0.25, 0.3) is 0 Å². The van der Waals surface area contributed by atoms with Gasteiger partial charge in [-0.25, -0.2) is 0 Å². The zero-order valence-electron chi connectivity index (χ0n) is 53.5. The molecule has 6 unspecified atom stereocenters. The van der Waals surface area contributed by atoms with Gasteiger partial charge in [0.05, 0.1) is 72.7 Å². The number of aliphatic hydroxyl groups is 2. The van der Waals surface area contributed by atoms with E-state index in [1.807, 2.05) is 273 Å². The fraction of sp³-hybridized carbons (Fsp3) is 0.325. The molecule has 3 fully saturated rings. The Hall–Kier alpha value is -7.27. The lowest BCUT2D eigenvalue weighted by atomic mass is 9.96. The first-order valence-corrected chi connectivity index (χ1v) is 33.8. The SMILES string of the molecule is OC1[C@@H](OCC2O[C@H](Sc3ccccc3)C(OCc3ccccc3)[C@@H](O[C@@H]3OC(COCc4ccccc4)[C@@H](OCc4ccccc4)[C@H](OCc4ccccc4)C3O)[C@@H]2OCc2ccccc2)OC(COCc2ccccc2)[C@@H](OCc2ccccc2)[C@@H]1OCc1ccccc1. The number of hydrogen-bond acceptors (Lipinski definition) is 16. The number of ether oxygens (including phenoxy) is 13. The van der Waals surface area contributed by atoms with Crippen molar-refractivity contribution >= 4 is 11.8 Å². The van der Waals surface area contributed by atoms with E-state index in [2.05, 4.69) is 0 Å². The molecule has 12 rings (SSSR count). The molecule has 15 atom stereocenters. The summed E-state index contributed by atoms with van der Waals surface area (Å²) in [6.07, 6.45) is -14.9. The molecule has 3 aliphatic rings. The lowest BCUT2D eigenvalue weighted by Gasteiger charge is -2.50. The average Bonchev–Trinajstić information content (AvgIpc) is 0.780. The molecular formula is C80H84O15S. The molecule has 0 radical (unpaired) electrons. The van der Waals surface area contributed by atoms with Crippen LogP contribution < -0.4 is 0 Å². The third kappa shape index (κ3) is 19.7. The predicted molar refractivity (Wildman–Crippen MR) is 363 cm³/mol. The van der Waals surface area contributed by atoms with E-state index in [0.29, 0.717) is 6.61 Å². The maximum atomic E-state index is 13.2. The van der Waals surface area contributed by atoms with Crippen LogP contribution in [-0.2, 0) is 114 Å². The lowest BCUT2D eigenvalue weighted by molar-refractivity contribution is -0.358. The van der Waals surface area contributed by atoms with Crippen LogP contribution in [-0.4, -0.2) is 121 Å². The summed E-state index contributed by atoms with van der Waals surface area (Å²) in [5.74, 6) is 0. The number of hydrogen-bond donors (Lipinski definition) is 2. The summed E-state index contributed by atoms with van der Waals surface area (Å²) in [4.78, 5) is 0.888. The summed E-state index contributed by atoms with van der Waals surface area (Å²) in [7, 11) is 0. The molecular weight excluding hydrogens is 1230 g/mol. The van der Waals surface area contributed by atoms with E-state index in [4.69, 9.17) is 61.6 Å². The third-order valence-electron chi connectivity index (χ3n) is 17.0. The highest BCUT2D eigenvalue weighted by molar-refractivity contribution is 7.99. The van der Waals surface area contributed by atoms with Gasteiger partial charge in [0.2, 0.25) is 0 Å². The Labute approximate surface area is 567 Å². The molecule has 3 saturated heterocycles. The van der Waals surface area contributed by atoms with Crippen molar-refractivity contribution in [2.75, 3.05) is 19.8 Å². The van der Waals surface area contributed by atoms with Crippen molar-refractivity contribution in [3.05, 3.63) is 317 Å². The molecule has 16 heteroatoms. The lowest BCUT2D eigenvalue weighted by Crippen LogP contribution is -2.66. The number of aliphatic hydroxyl groups excluding tert-OH is 2. The smallest absolute Gasteiger partial charge is 0.187 e. The molecule has 2 N–H and O–H groups in total. The molecule has 0 bridgehead atoms. The van der Waals surface area contributed by atoms with Crippen LogP contribution in [0.2, 0.25) is 0 Å². The van der Waals surface area contributed by atoms with Crippen LogP contribution in [0, 0.1) is 0 Å². The van der Waals surface area contributed by atoms with Gasteiger partial charge in [0.1, 0.15) is 78.7 Å². The van der Waals surface area contributed by atoms with Gasteiger partial charge in [0.15, 0.2) is 12.6 Å². The molecule has 3 aliphatic heterocycles. The summed E-state index contributed by atoms with van der Waals surface area (Å²) in [6, 6.07) is 88.8. The van der Waals surface area contributed by atoms with Crippen LogP contribution in [0.4, 0.5) is 0 Å². The molecule has 15 nitrogen and oxygen atoms in total. The molecule has 9 aromatic rings. The average molecular weight is 1320 g/mol. The van der Waals surface area contributed by atoms with Crippen LogP contribution in [0.1, 0.15) is 44.5 Å². The van der Waals surface area contributed by atoms with Gasteiger partial charge in [-0.15, -0.1) is 0 Å². The van der Waals surface area contributed by atoms with E-state index in [-0.39, 0.29) is 66.1 Å². The van der Waals surface area contributed by atoms with Gasteiger partial charge in [0, 0.05) is 4.90 Å². The first-order chi connectivity index (χ1) is 47.4. The van der Waals surface area contributed by atoms with E-state index in [1.165, 1.54) is 11.8 Å². The Kier molecular flexibility index (Phi) is 26.0. The maximum absolute atomic E-state index is 13.2.